The molecule has 1 aromatic rings. The molecule has 0 heterocycles. The first kappa shape index (κ1) is 13.7. The first-order chi connectivity index (χ1) is 8.13. The minimum atomic E-state index is 0.208. The maximum atomic E-state index is 9.89. The SMILES string of the molecule is CCC/C=C(\O)c1cc(OC)c(Cl)c(OC)c1. The molecule has 4 heteroatoms. The van der Waals surface area contributed by atoms with Crippen LogP contribution >= 0.6 is 11.6 Å². The third-order valence-electron chi connectivity index (χ3n) is 2.37. The monoisotopic (exact) mass is 256 g/mol. The van der Waals surface area contributed by atoms with Gasteiger partial charge in [-0.1, -0.05) is 24.9 Å². The highest BCUT2D eigenvalue weighted by molar-refractivity contribution is 6.33. The quantitative estimate of drug-likeness (QED) is 0.808. The summed E-state index contributed by atoms with van der Waals surface area (Å²) in [6, 6.07) is 3.37. The van der Waals surface area contributed by atoms with Crippen LogP contribution in [0.15, 0.2) is 18.2 Å². The Morgan fingerprint density at radius 2 is 1.82 bits per heavy atom. The molecule has 17 heavy (non-hydrogen) atoms. The fourth-order valence-corrected chi connectivity index (χ4v) is 1.68. The van der Waals surface area contributed by atoms with Crippen molar-refractivity contribution in [3.05, 3.63) is 28.8 Å². The summed E-state index contributed by atoms with van der Waals surface area (Å²) < 4.78 is 10.3. The second kappa shape index (κ2) is 6.40. The lowest BCUT2D eigenvalue weighted by molar-refractivity contribution is 0.393. The molecule has 94 valence electrons. The molecule has 0 amide bonds. The fourth-order valence-electron chi connectivity index (χ4n) is 1.42. The Morgan fingerprint density at radius 1 is 1.29 bits per heavy atom. The molecule has 0 unspecified atom stereocenters. The number of hydrogen-bond acceptors (Lipinski definition) is 3. The highest BCUT2D eigenvalue weighted by Crippen LogP contribution is 2.36. The first-order valence-electron chi connectivity index (χ1n) is 5.45. The van der Waals surface area contributed by atoms with E-state index in [1.807, 2.05) is 6.92 Å². The largest absolute Gasteiger partial charge is 0.508 e. The minimum Gasteiger partial charge on any atom is -0.508 e. The number of aliphatic hydroxyl groups excluding tert-OH is 1. The predicted octanol–water partition coefficient (Wildman–Crippen LogP) is 4.06. The van der Waals surface area contributed by atoms with E-state index in [0.717, 1.165) is 12.8 Å². The number of methoxy groups -OCH3 is 2. The third-order valence-corrected chi connectivity index (χ3v) is 2.74. The maximum Gasteiger partial charge on any atom is 0.141 e. The van der Waals surface area contributed by atoms with Crippen LogP contribution < -0.4 is 9.47 Å². The molecule has 0 aliphatic rings. The molecule has 0 aliphatic heterocycles. The second-order valence-electron chi connectivity index (χ2n) is 3.57. The number of rotatable bonds is 5. The second-order valence-corrected chi connectivity index (χ2v) is 3.95. The van der Waals surface area contributed by atoms with E-state index >= 15 is 0 Å². The number of ether oxygens (including phenoxy) is 2. The van der Waals surface area contributed by atoms with Crippen LogP contribution in [0.25, 0.3) is 5.76 Å². The summed E-state index contributed by atoms with van der Waals surface area (Å²) in [5.41, 5.74) is 0.636. The molecular weight excluding hydrogens is 240 g/mol. The lowest BCUT2D eigenvalue weighted by Crippen LogP contribution is -1.93. The highest BCUT2D eigenvalue weighted by atomic mass is 35.5. The first-order valence-corrected chi connectivity index (χ1v) is 5.82. The normalized spacial score (nSPS) is 11.4. The number of aliphatic hydroxyl groups is 1. The van der Waals surface area contributed by atoms with Crippen LogP contribution in [0.2, 0.25) is 5.02 Å². The molecule has 1 rings (SSSR count). The van der Waals surface area contributed by atoms with E-state index in [-0.39, 0.29) is 5.76 Å². The van der Waals surface area contributed by atoms with Crippen LogP contribution in [-0.2, 0) is 0 Å². The number of unbranched alkanes of at least 4 members (excludes halogenated alkanes) is 1. The van der Waals surface area contributed by atoms with Gasteiger partial charge in [-0.3, -0.25) is 0 Å². The Labute approximate surface area is 107 Å². The van der Waals surface area contributed by atoms with Crippen molar-refractivity contribution < 1.29 is 14.6 Å². The van der Waals surface area contributed by atoms with Crippen molar-refractivity contribution in [3.8, 4) is 11.5 Å². The Balaban J connectivity index is 3.17. The van der Waals surface area contributed by atoms with E-state index in [9.17, 15) is 5.11 Å². The molecule has 0 saturated heterocycles. The molecule has 0 radical (unpaired) electrons. The fraction of sp³-hybridized carbons (Fsp3) is 0.385. The van der Waals surface area contributed by atoms with Crippen molar-refractivity contribution in [3.63, 3.8) is 0 Å². The summed E-state index contributed by atoms with van der Waals surface area (Å²) in [5.74, 6) is 1.18. The lowest BCUT2D eigenvalue weighted by atomic mass is 10.1. The van der Waals surface area contributed by atoms with Gasteiger partial charge in [0, 0.05) is 5.56 Å². The maximum absolute atomic E-state index is 9.89. The zero-order chi connectivity index (χ0) is 12.8. The van der Waals surface area contributed by atoms with Crippen LogP contribution in [0, 0.1) is 0 Å². The van der Waals surface area contributed by atoms with Crippen molar-refractivity contribution in [1.82, 2.24) is 0 Å². The van der Waals surface area contributed by atoms with E-state index in [1.165, 1.54) is 14.2 Å². The van der Waals surface area contributed by atoms with Crippen molar-refractivity contribution in [2.45, 2.75) is 19.8 Å². The van der Waals surface area contributed by atoms with Crippen molar-refractivity contribution in [2.75, 3.05) is 14.2 Å². The standard InChI is InChI=1S/C13H17ClO3/c1-4-5-6-10(15)9-7-11(16-2)13(14)12(8-9)17-3/h6-8,15H,4-5H2,1-3H3/b10-6-. The predicted molar refractivity (Wildman–Crippen MR) is 70.1 cm³/mol. The summed E-state index contributed by atoms with van der Waals surface area (Å²) in [6.07, 6.45) is 3.56. The molecule has 3 nitrogen and oxygen atoms in total. The van der Waals surface area contributed by atoms with E-state index in [1.54, 1.807) is 18.2 Å². The minimum absolute atomic E-state index is 0.208. The molecule has 0 aromatic heterocycles. The van der Waals surface area contributed by atoms with E-state index in [2.05, 4.69) is 0 Å². The molecular formula is C13H17ClO3. The molecule has 0 spiro atoms. The Hall–Kier alpha value is -1.35. The van der Waals surface area contributed by atoms with Gasteiger partial charge >= 0.3 is 0 Å². The summed E-state index contributed by atoms with van der Waals surface area (Å²) in [6.45, 7) is 2.05. The summed E-state index contributed by atoms with van der Waals surface area (Å²) in [7, 11) is 3.05. The molecule has 0 fully saturated rings. The van der Waals surface area contributed by atoms with Gasteiger partial charge in [0.25, 0.3) is 0 Å². The van der Waals surface area contributed by atoms with Gasteiger partial charge in [-0.05, 0) is 24.6 Å². The lowest BCUT2D eigenvalue weighted by Gasteiger charge is -2.10. The third kappa shape index (κ3) is 3.30. The van der Waals surface area contributed by atoms with Gasteiger partial charge in [-0.25, -0.2) is 0 Å². The van der Waals surface area contributed by atoms with Crippen LogP contribution in [-0.4, -0.2) is 19.3 Å². The molecule has 0 saturated carbocycles. The van der Waals surface area contributed by atoms with Gasteiger partial charge in [0.2, 0.25) is 0 Å². The van der Waals surface area contributed by atoms with E-state index in [0.29, 0.717) is 22.1 Å². The summed E-state index contributed by atoms with van der Waals surface area (Å²) in [4.78, 5) is 0. The van der Waals surface area contributed by atoms with E-state index < -0.39 is 0 Å². The average molecular weight is 257 g/mol. The Kier molecular flexibility index (Phi) is 5.16. The highest BCUT2D eigenvalue weighted by Gasteiger charge is 2.12. The smallest absolute Gasteiger partial charge is 0.141 e. The van der Waals surface area contributed by atoms with Gasteiger partial charge in [0.1, 0.15) is 22.3 Å². The molecule has 0 aliphatic carbocycles. The summed E-state index contributed by atoms with van der Waals surface area (Å²) >= 11 is 6.04. The number of allylic oxidation sites excluding steroid dienone is 1. The van der Waals surface area contributed by atoms with Gasteiger partial charge < -0.3 is 14.6 Å². The van der Waals surface area contributed by atoms with Crippen molar-refractivity contribution >= 4 is 17.4 Å². The van der Waals surface area contributed by atoms with Gasteiger partial charge in [0.15, 0.2) is 0 Å². The van der Waals surface area contributed by atoms with Crippen molar-refractivity contribution in [2.24, 2.45) is 0 Å². The number of halogens is 1. The van der Waals surface area contributed by atoms with Gasteiger partial charge in [-0.15, -0.1) is 0 Å². The summed E-state index contributed by atoms with van der Waals surface area (Å²) in [5, 5.41) is 10.3. The Morgan fingerprint density at radius 3 is 2.24 bits per heavy atom. The van der Waals surface area contributed by atoms with E-state index in [4.69, 9.17) is 21.1 Å². The zero-order valence-electron chi connectivity index (χ0n) is 10.3. The molecule has 0 bridgehead atoms. The average Bonchev–Trinajstić information content (AvgIpc) is 2.36. The zero-order valence-corrected chi connectivity index (χ0v) is 11.0. The van der Waals surface area contributed by atoms with Crippen LogP contribution in [0.4, 0.5) is 0 Å². The number of hydrogen-bond donors (Lipinski definition) is 1. The van der Waals surface area contributed by atoms with Crippen molar-refractivity contribution in [1.29, 1.82) is 0 Å². The molecule has 1 aromatic carbocycles. The van der Waals surface area contributed by atoms with Crippen LogP contribution in [0.1, 0.15) is 25.3 Å². The van der Waals surface area contributed by atoms with Gasteiger partial charge in [-0.2, -0.15) is 0 Å². The Bertz CT molecular complexity index is 388. The van der Waals surface area contributed by atoms with Gasteiger partial charge in [0.05, 0.1) is 14.2 Å². The molecule has 1 N–H and O–H groups in total. The molecule has 0 atom stereocenters. The van der Waals surface area contributed by atoms with Crippen LogP contribution in [0.5, 0.6) is 11.5 Å². The topological polar surface area (TPSA) is 38.7 Å². The number of benzene rings is 1. The van der Waals surface area contributed by atoms with Crippen LogP contribution in [0.3, 0.4) is 0 Å².